The summed E-state index contributed by atoms with van der Waals surface area (Å²) in [6, 6.07) is 6.23. The highest BCUT2D eigenvalue weighted by atomic mass is 32.1. The molecule has 102 valence electrons. The molecule has 6 heteroatoms. The lowest BCUT2D eigenvalue weighted by Gasteiger charge is -2.02. The molecule has 20 heavy (non-hydrogen) atoms. The van der Waals surface area contributed by atoms with Crippen molar-refractivity contribution in [2.75, 3.05) is 7.11 Å². The van der Waals surface area contributed by atoms with Crippen LogP contribution in [0.1, 0.15) is 15.4 Å². The Labute approximate surface area is 118 Å². The Hall–Kier alpha value is -2.21. The number of carbonyl (C=O) groups excluding carboxylic acids is 1. The fraction of sp³-hybridized carbons (Fsp3) is 0.143. The van der Waals surface area contributed by atoms with Crippen LogP contribution in [0.2, 0.25) is 0 Å². The van der Waals surface area contributed by atoms with Gasteiger partial charge in [-0.1, -0.05) is 6.07 Å². The van der Waals surface area contributed by atoms with Crippen LogP contribution >= 0.6 is 11.3 Å². The Morgan fingerprint density at radius 2 is 2.20 bits per heavy atom. The summed E-state index contributed by atoms with van der Waals surface area (Å²) in [5.74, 6) is -0.0546. The highest BCUT2D eigenvalue weighted by molar-refractivity contribution is 7.21. The van der Waals surface area contributed by atoms with Gasteiger partial charge in [0.2, 0.25) is 5.78 Å². The number of rotatable bonds is 3. The molecule has 0 N–H and O–H groups in total. The monoisotopic (exact) mass is 290 g/mol. The molecule has 0 aliphatic carbocycles. The summed E-state index contributed by atoms with van der Waals surface area (Å²) in [7, 11) is 3.18. The van der Waals surface area contributed by atoms with Gasteiger partial charge in [0.1, 0.15) is 5.82 Å². The molecule has 3 aromatic rings. The second-order valence-electron chi connectivity index (χ2n) is 4.31. The molecule has 0 aliphatic heterocycles. The van der Waals surface area contributed by atoms with E-state index in [4.69, 9.17) is 4.74 Å². The van der Waals surface area contributed by atoms with Gasteiger partial charge in [-0.15, -0.1) is 11.3 Å². The van der Waals surface area contributed by atoms with Crippen LogP contribution in [-0.4, -0.2) is 22.7 Å². The molecule has 1 aromatic carbocycles. The van der Waals surface area contributed by atoms with Crippen LogP contribution in [0.15, 0.2) is 30.5 Å². The van der Waals surface area contributed by atoms with Gasteiger partial charge in [-0.05, 0) is 23.6 Å². The van der Waals surface area contributed by atoms with Crippen molar-refractivity contribution in [2.24, 2.45) is 7.05 Å². The van der Waals surface area contributed by atoms with E-state index >= 15 is 0 Å². The third-order valence-electron chi connectivity index (χ3n) is 3.05. The van der Waals surface area contributed by atoms with Crippen molar-refractivity contribution in [1.29, 1.82) is 0 Å². The largest absolute Gasteiger partial charge is 0.493 e. The molecule has 4 nitrogen and oxygen atoms in total. The number of hydrogen-bond donors (Lipinski definition) is 0. The molecule has 0 saturated carbocycles. The third-order valence-corrected chi connectivity index (χ3v) is 4.14. The van der Waals surface area contributed by atoms with Gasteiger partial charge in [-0.25, -0.2) is 4.39 Å². The number of nitrogens with zero attached hydrogens (tertiary/aromatic N) is 2. The normalized spacial score (nSPS) is 10.9. The molecule has 0 amide bonds. The standard InChI is InChI=1S/C14H11FN2O2S/c1-17-13(10(19-2)7-16-17)14(18)12-5-8-3-4-9(15)6-11(8)20-12/h3-7H,1-2H3. The van der Waals surface area contributed by atoms with E-state index in [0.29, 0.717) is 16.3 Å². The lowest BCUT2D eigenvalue weighted by molar-refractivity contribution is 0.103. The van der Waals surface area contributed by atoms with E-state index in [1.807, 2.05) is 0 Å². The summed E-state index contributed by atoms with van der Waals surface area (Å²) in [6.07, 6.45) is 1.50. The van der Waals surface area contributed by atoms with Crippen LogP contribution in [0.25, 0.3) is 10.1 Å². The number of ether oxygens (including phenoxy) is 1. The maximum absolute atomic E-state index is 13.2. The van der Waals surface area contributed by atoms with Crippen LogP contribution in [0.3, 0.4) is 0 Å². The number of hydrogen-bond acceptors (Lipinski definition) is 4. The van der Waals surface area contributed by atoms with Crippen molar-refractivity contribution in [3.63, 3.8) is 0 Å². The molecule has 0 atom stereocenters. The number of carbonyl (C=O) groups is 1. The molecule has 0 spiro atoms. The van der Waals surface area contributed by atoms with Crippen molar-refractivity contribution in [3.05, 3.63) is 46.9 Å². The summed E-state index contributed by atoms with van der Waals surface area (Å²) in [5.41, 5.74) is 0.388. The average Bonchev–Trinajstić information content (AvgIpc) is 3.00. The first-order valence-corrected chi connectivity index (χ1v) is 6.71. The fourth-order valence-electron chi connectivity index (χ4n) is 2.06. The smallest absolute Gasteiger partial charge is 0.224 e. The van der Waals surface area contributed by atoms with E-state index < -0.39 is 0 Å². The minimum atomic E-state index is -0.309. The van der Waals surface area contributed by atoms with Crippen LogP contribution in [-0.2, 0) is 7.05 Å². The van der Waals surface area contributed by atoms with Crippen molar-refractivity contribution >= 4 is 27.2 Å². The Morgan fingerprint density at radius 1 is 1.40 bits per heavy atom. The molecule has 0 aliphatic rings. The molecule has 0 fully saturated rings. The van der Waals surface area contributed by atoms with E-state index in [2.05, 4.69) is 5.10 Å². The number of ketones is 1. The molecule has 2 heterocycles. The van der Waals surface area contributed by atoms with Crippen molar-refractivity contribution < 1.29 is 13.9 Å². The third kappa shape index (κ3) is 1.98. The van der Waals surface area contributed by atoms with E-state index in [9.17, 15) is 9.18 Å². The zero-order valence-electron chi connectivity index (χ0n) is 10.9. The number of fused-ring (bicyclic) bond motifs is 1. The first kappa shape index (κ1) is 12.8. The summed E-state index contributed by atoms with van der Waals surface area (Å²) in [6.45, 7) is 0. The van der Waals surface area contributed by atoms with Crippen molar-refractivity contribution in [3.8, 4) is 5.75 Å². The molecular formula is C14H11FN2O2S. The Balaban J connectivity index is 2.10. The van der Waals surface area contributed by atoms with Gasteiger partial charge < -0.3 is 4.74 Å². The first-order valence-electron chi connectivity index (χ1n) is 5.90. The fourth-order valence-corrected chi connectivity index (χ4v) is 3.09. The van der Waals surface area contributed by atoms with Crippen molar-refractivity contribution in [2.45, 2.75) is 0 Å². The van der Waals surface area contributed by atoms with Gasteiger partial charge in [0.25, 0.3) is 0 Å². The van der Waals surface area contributed by atoms with E-state index in [1.165, 1.54) is 41.5 Å². The summed E-state index contributed by atoms with van der Waals surface area (Å²) in [5, 5.41) is 4.87. The lowest BCUT2D eigenvalue weighted by atomic mass is 10.2. The molecule has 0 bridgehead atoms. The van der Waals surface area contributed by atoms with Crippen LogP contribution in [0.4, 0.5) is 4.39 Å². The topological polar surface area (TPSA) is 44.1 Å². The minimum absolute atomic E-state index is 0.177. The summed E-state index contributed by atoms with van der Waals surface area (Å²) in [4.78, 5) is 13.1. The molecular weight excluding hydrogens is 279 g/mol. The van der Waals surface area contributed by atoms with Gasteiger partial charge in [0.05, 0.1) is 18.2 Å². The predicted octanol–water partition coefficient (Wildman–Crippen LogP) is 3.01. The Kier molecular flexibility index (Phi) is 3.02. The first-order chi connectivity index (χ1) is 9.60. The highest BCUT2D eigenvalue weighted by Gasteiger charge is 2.21. The van der Waals surface area contributed by atoms with E-state index in [1.54, 1.807) is 19.2 Å². The second-order valence-corrected chi connectivity index (χ2v) is 5.39. The Bertz CT molecular complexity index is 807. The molecule has 2 aromatic heterocycles. The van der Waals surface area contributed by atoms with Gasteiger partial charge in [-0.3, -0.25) is 9.48 Å². The van der Waals surface area contributed by atoms with Crippen LogP contribution in [0.5, 0.6) is 5.75 Å². The molecule has 0 unspecified atom stereocenters. The number of halogens is 1. The van der Waals surface area contributed by atoms with Crippen molar-refractivity contribution in [1.82, 2.24) is 9.78 Å². The summed E-state index contributed by atoms with van der Waals surface area (Å²) < 4.78 is 20.6. The molecule has 0 radical (unpaired) electrons. The summed E-state index contributed by atoms with van der Waals surface area (Å²) >= 11 is 1.26. The maximum atomic E-state index is 13.2. The van der Waals surface area contributed by atoms with Gasteiger partial charge in [-0.2, -0.15) is 5.10 Å². The molecule has 0 saturated heterocycles. The second kappa shape index (κ2) is 4.72. The number of methoxy groups -OCH3 is 1. The maximum Gasteiger partial charge on any atom is 0.224 e. The molecule has 3 rings (SSSR count). The Morgan fingerprint density at radius 3 is 2.95 bits per heavy atom. The quantitative estimate of drug-likeness (QED) is 0.696. The van der Waals surface area contributed by atoms with Crippen LogP contribution < -0.4 is 4.74 Å². The van der Waals surface area contributed by atoms with E-state index in [-0.39, 0.29) is 11.6 Å². The zero-order chi connectivity index (χ0) is 14.3. The zero-order valence-corrected chi connectivity index (χ0v) is 11.7. The van der Waals surface area contributed by atoms with Gasteiger partial charge in [0.15, 0.2) is 11.4 Å². The number of aryl methyl sites for hydroxylation is 1. The number of aromatic nitrogens is 2. The highest BCUT2D eigenvalue weighted by Crippen LogP contribution is 2.30. The predicted molar refractivity (Wildman–Crippen MR) is 75.0 cm³/mol. The van der Waals surface area contributed by atoms with Crippen LogP contribution in [0, 0.1) is 5.82 Å². The number of thiophene rings is 1. The van der Waals surface area contributed by atoms with Gasteiger partial charge >= 0.3 is 0 Å². The minimum Gasteiger partial charge on any atom is -0.493 e. The average molecular weight is 290 g/mol. The SMILES string of the molecule is COc1cnn(C)c1C(=O)c1cc2ccc(F)cc2s1. The lowest BCUT2D eigenvalue weighted by Crippen LogP contribution is -2.08. The van der Waals surface area contributed by atoms with E-state index in [0.717, 1.165) is 10.1 Å². The number of benzene rings is 1. The van der Waals surface area contributed by atoms with Gasteiger partial charge in [0, 0.05) is 11.7 Å².